The van der Waals surface area contributed by atoms with Crippen molar-refractivity contribution in [1.82, 2.24) is 4.90 Å². The lowest BCUT2D eigenvalue weighted by atomic mass is 10.0. The Morgan fingerprint density at radius 2 is 2.13 bits per heavy atom. The van der Waals surface area contributed by atoms with Crippen LogP contribution >= 0.6 is 0 Å². The third-order valence-electron chi connectivity index (χ3n) is 3.46. The molecule has 0 amide bonds. The van der Waals surface area contributed by atoms with Crippen LogP contribution in [-0.2, 0) is 9.53 Å². The summed E-state index contributed by atoms with van der Waals surface area (Å²) in [6.07, 6.45) is 2.55. The lowest BCUT2D eigenvalue weighted by Gasteiger charge is -2.31. The average molecular weight is 214 g/mol. The SMILES string of the molecule is NC1(C(=O)O)CCN(C2CCOCC2)C1. The highest BCUT2D eigenvalue weighted by atomic mass is 16.5. The van der Waals surface area contributed by atoms with Gasteiger partial charge in [-0.15, -0.1) is 0 Å². The van der Waals surface area contributed by atoms with E-state index in [9.17, 15) is 4.79 Å². The fourth-order valence-corrected chi connectivity index (χ4v) is 2.40. The van der Waals surface area contributed by atoms with Gasteiger partial charge < -0.3 is 15.6 Å². The molecule has 3 N–H and O–H groups in total. The van der Waals surface area contributed by atoms with Crippen molar-refractivity contribution in [2.24, 2.45) is 5.73 Å². The van der Waals surface area contributed by atoms with E-state index in [-0.39, 0.29) is 0 Å². The molecule has 0 aromatic rings. The first kappa shape index (κ1) is 10.9. The third kappa shape index (κ3) is 2.14. The zero-order valence-electron chi connectivity index (χ0n) is 8.82. The second kappa shape index (κ2) is 4.08. The summed E-state index contributed by atoms with van der Waals surface area (Å²) in [6.45, 7) is 2.85. The maximum absolute atomic E-state index is 11.0. The summed E-state index contributed by atoms with van der Waals surface area (Å²) in [5, 5.41) is 9.01. The van der Waals surface area contributed by atoms with Crippen LogP contribution in [0.25, 0.3) is 0 Å². The number of aliphatic carboxylic acids is 1. The molecule has 0 aromatic carbocycles. The van der Waals surface area contributed by atoms with E-state index in [2.05, 4.69) is 4.90 Å². The number of ether oxygens (including phenoxy) is 1. The standard InChI is InChI=1S/C10H18N2O3/c11-10(9(13)14)3-4-12(7-10)8-1-5-15-6-2-8/h8H,1-7,11H2,(H,13,14). The quantitative estimate of drug-likeness (QED) is 0.657. The van der Waals surface area contributed by atoms with E-state index < -0.39 is 11.5 Å². The molecule has 0 radical (unpaired) electrons. The van der Waals surface area contributed by atoms with E-state index in [0.29, 0.717) is 19.0 Å². The summed E-state index contributed by atoms with van der Waals surface area (Å²) in [7, 11) is 0. The van der Waals surface area contributed by atoms with Crippen LogP contribution < -0.4 is 5.73 Å². The molecule has 0 spiro atoms. The molecule has 0 aromatic heterocycles. The van der Waals surface area contributed by atoms with Gasteiger partial charge in [0.25, 0.3) is 0 Å². The van der Waals surface area contributed by atoms with Gasteiger partial charge in [0, 0.05) is 32.3 Å². The van der Waals surface area contributed by atoms with Gasteiger partial charge in [-0.2, -0.15) is 0 Å². The molecule has 2 aliphatic rings. The van der Waals surface area contributed by atoms with Crippen LogP contribution in [-0.4, -0.2) is 53.9 Å². The fraction of sp³-hybridized carbons (Fsp3) is 0.900. The van der Waals surface area contributed by atoms with Gasteiger partial charge in [-0.3, -0.25) is 9.69 Å². The molecule has 15 heavy (non-hydrogen) atoms. The summed E-state index contributed by atoms with van der Waals surface area (Å²) in [5.74, 6) is -0.878. The van der Waals surface area contributed by atoms with Gasteiger partial charge in [-0.05, 0) is 19.3 Å². The van der Waals surface area contributed by atoms with Crippen molar-refractivity contribution in [1.29, 1.82) is 0 Å². The molecular weight excluding hydrogens is 196 g/mol. The molecule has 86 valence electrons. The second-order valence-electron chi connectivity index (χ2n) is 4.53. The molecule has 2 rings (SSSR count). The molecule has 5 nitrogen and oxygen atoms in total. The van der Waals surface area contributed by atoms with Gasteiger partial charge in [0.1, 0.15) is 5.54 Å². The van der Waals surface area contributed by atoms with Crippen LogP contribution in [0.2, 0.25) is 0 Å². The minimum Gasteiger partial charge on any atom is -0.480 e. The van der Waals surface area contributed by atoms with E-state index in [4.69, 9.17) is 15.6 Å². The number of nitrogens with zero attached hydrogens (tertiary/aromatic N) is 1. The normalized spacial score (nSPS) is 34.5. The minimum absolute atomic E-state index is 0.462. The van der Waals surface area contributed by atoms with Gasteiger partial charge in [0.15, 0.2) is 0 Å². The molecule has 1 unspecified atom stereocenters. The summed E-state index contributed by atoms with van der Waals surface area (Å²) < 4.78 is 5.28. The monoisotopic (exact) mass is 214 g/mol. The molecule has 0 aliphatic carbocycles. The zero-order chi connectivity index (χ0) is 10.9. The van der Waals surface area contributed by atoms with E-state index in [1.54, 1.807) is 0 Å². The van der Waals surface area contributed by atoms with Crippen molar-refractivity contribution >= 4 is 5.97 Å². The first-order chi connectivity index (χ1) is 7.12. The molecule has 2 heterocycles. The number of carboxylic acids is 1. The first-order valence-corrected chi connectivity index (χ1v) is 5.46. The number of carboxylic acid groups (broad SMARTS) is 1. The Bertz CT molecular complexity index is 253. The Balaban J connectivity index is 1.94. The number of rotatable bonds is 2. The predicted molar refractivity (Wildman–Crippen MR) is 54.6 cm³/mol. The molecular formula is C10H18N2O3. The molecule has 0 saturated carbocycles. The van der Waals surface area contributed by atoms with Crippen LogP contribution in [0.3, 0.4) is 0 Å². The number of carbonyl (C=O) groups is 1. The zero-order valence-corrected chi connectivity index (χ0v) is 8.82. The van der Waals surface area contributed by atoms with Crippen molar-refractivity contribution in [3.05, 3.63) is 0 Å². The topological polar surface area (TPSA) is 75.8 Å². The molecule has 5 heteroatoms. The summed E-state index contributed by atoms with van der Waals surface area (Å²) in [4.78, 5) is 13.2. The Kier molecular flexibility index (Phi) is 2.95. The number of nitrogens with two attached hydrogens (primary N) is 1. The van der Waals surface area contributed by atoms with Crippen molar-refractivity contribution < 1.29 is 14.6 Å². The molecule has 2 fully saturated rings. The van der Waals surface area contributed by atoms with Gasteiger partial charge in [-0.1, -0.05) is 0 Å². The van der Waals surface area contributed by atoms with Gasteiger partial charge in [0.05, 0.1) is 0 Å². The Labute approximate surface area is 89.2 Å². The van der Waals surface area contributed by atoms with Gasteiger partial charge in [-0.25, -0.2) is 0 Å². The van der Waals surface area contributed by atoms with Gasteiger partial charge in [0.2, 0.25) is 0 Å². The second-order valence-corrected chi connectivity index (χ2v) is 4.53. The largest absolute Gasteiger partial charge is 0.480 e. The van der Waals surface area contributed by atoms with Crippen LogP contribution in [0.15, 0.2) is 0 Å². The van der Waals surface area contributed by atoms with Crippen molar-refractivity contribution in [3.63, 3.8) is 0 Å². The number of hydrogen-bond acceptors (Lipinski definition) is 4. The minimum atomic E-state index is -1.03. The maximum Gasteiger partial charge on any atom is 0.325 e. The Morgan fingerprint density at radius 1 is 1.47 bits per heavy atom. The van der Waals surface area contributed by atoms with Crippen LogP contribution in [0, 0.1) is 0 Å². The molecule has 0 bridgehead atoms. The van der Waals surface area contributed by atoms with Crippen molar-refractivity contribution in [3.8, 4) is 0 Å². The third-order valence-corrected chi connectivity index (χ3v) is 3.46. The number of hydrogen-bond donors (Lipinski definition) is 2. The van der Waals surface area contributed by atoms with E-state index in [1.165, 1.54) is 0 Å². The summed E-state index contributed by atoms with van der Waals surface area (Å²) >= 11 is 0. The van der Waals surface area contributed by atoms with Crippen LogP contribution in [0.4, 0.5) is 0 Å². The van der Waals surface area contributed by atoms with Gasteiger partial charge >= 0.3 is 5.97 Å². The van der Waals surface area contributed by atoms with Crippen LogP contribution in [0.1, 0.15) is 19.3 Å². The van der Waals surface area contributed by atoms with Crippen molar-refractivity contribution in [2.45, 2.75) is 30.8 Å². The fourth-order valence-electron chi connectivity index (χ4n) is 2.40. The Morgan fingerprint density at radius 3 is 2.67 bits per heavy atom. The van der Waals surface area contributed by atoms with E-state index in [0.717, 1.165) is 32.6 Å². The molecule has 2 saturated heterocycles. The lowest BCUT2D eigenvalue weighted by Crippen LogP contribution is -2.51. The van der Waals surface area contributed by atoms with Crippen LogP contribution in [0.5, 0.6) is 0 Å². The predicted octanol–water partition coefficient (Wildman–Crippen LogP) is -0.347. The lowest BCUT2D eigenvalue weighted by molar-refractivity contribution is -0.142. The highest BCUT2D eigenvalue weighted by Crippen LogP contribution is 2.25. The number of likely N-dealkylation sites (tertiary alicyclic amines) is 1. The molecule has 1 atom stereocenters. The highest BCUT2D eigenvalue weighted by molar-refractivity contribution is 5.79. The van der Waals surface area contributed by atoms with E-state index >= 15 is 0 Å². The van der Waals surface area contributed by atoms with Crippen molar-refractivity contribution in [2.75, 3.05) is 26.3 Å². The summed E-state index contributed by atoms with van der Waals surface area (Å²) in [6, 6.07) is 0.462. The highest BCUT2D eigenvalue weighted by Gasteiger charge is 2.43. The first-order valence-electron chi connectivity index (χ1n) is 5.46. The Hall–Kier alpha value is -0.650. The smallest absolute Gasteiger partial charge is 0.325 e. The molecule has 2 aliphatic heterocycles. The average Bonchev–Trinajstić information content (AvgIpc) is 2.64. The summed E-state index contributed by atoms with van der Waals surface area (Å²) in [5.41, 5.74) is 4.80. The van der Waals surface area contributed by atoms with E-state index in [1.807, 2.05) is 0 Å². The maximum atomic E-state index is 11.0.